The number of rotatable bonds is 5. The maximum absolute atomic E-state index is 11.1. The van der Waals surface area contributed by atoms with E-state index in [-0.39, 0.29) is 5.92 Å². The van der Waals surface area contributed by atoms with Gasteiger partial charge >= 0.3 is 5.97 Å². The van der Waals surface area contributed by atoms with Crippen LogP contribution in [0.5, 0.6) is 5.75 Å². The Balaban J connectivity index is 3.14. The first kappa shape index (κ1) is 15.0. The fraction of sp³-hybridized carbons (Fsp3) is 0.429. The van der Waals surface area contributed by atoms with Crippen molar-refractivity contribution in [3.05, 3.63) is 28.8 Å². The lowest BCUT2D eigenvalue weighted by atomic mass is 10.0. The van der Waals surface area contributed by atoms with E-state index in [1.165, 1.54) is 0 Å². The van der Waals surface area contributed by atoms with Crippen molar-refractivity contribution in [2.75, 3.05) is 0 Å². The summed E-state index contributed by atoms with van der Waals surface area (Å²) in [5.41, 5.74) is 7.00. The molecular weight excluding hydrogens is 246 g/mol. The van der Waals surface area contributed by atoms with Gasteiger partial charge in [-0.1, -0.05) is 13.8 Å². The molecule has 1 rings (SSSR count). The lowest BCUT2D eigenvalue weighted by Crippen LogP contribution is -2.32. The van der Waals surface area contributed by atoms with Crippen LogP contribution < -0.4 is 10.5 Å². The number of primary amides is 1. The van der Waals surface area contributed by atoms with Crippen molar-refractivity contribution in [1.29, 1.82) is 0 Å². The number of nitrogens with two attached hydrogens (primary N) is 1. The van der Waals surface area contributed by atoms with Gasteiger partial charge in [0.05, 0.1) is 0 Å². The Morgan fingerprint density at radius 2 is 1.68 bits per heavy atom. The lowest BCUT2D eigenvalue weighted by molar-refractivity contribution is -0.147. The molecule has 0 radical (unpaired) electrons. The van der Waals surface area contributed by atoms with Crippen LogP contribution >= 0.6 is 0 Å². The number of ether oxygens (including phenoxy) is 1. The highest BCUT2D eigenvalue weighted by Gasteiger charge is 2.25. The van der Waals surface area contributed by atoms with Gasteiger partial charge in [-0.15, -0.1) is 0 Å². The van der Waals surface area contributed by atoms with Gasteiger partial charge in [-0.05, 0) is 37.1 Å². The van der Waals surface area contributed by atoms with E-state index in [0.29, 0.717) is 22.4 Å². The molecule has 1 amide bonds. The van der Waals surface area contributed by atoms with Gasteiger partial charge in [0, 0.05) is 11.5 Å². The molecular formula is C14H19NO4. The van der Waals surface area contributed by atoms with Crippen LogP contribution in [0.15, 0.2) is 12.1 Å². The zero-order chi connectivity index (χ0) is 14.7. The number of hydrogen-bond donors (Lipinski definition) is 2. The van der Waals surface area contributed by atoms with Crippen LogP contribution in [0, 0.1) is 19.8 Å². The SMILES string of the molecule is Cc1cc(C(N)=O)cc(C)c1OC(C(=O)O)C(C)C. The smallest absolute Gasteiger partial charge is 0.345 e. The third-order valence-corrected chi connectivity index (χ3v) is 2.84. The monoisotopic (exact) mass is 265 g/mol. The summed E-state index contributed by atoms with van der Waals surface area (Å²) in [5, 5.41) is 9.13. The van der Waals surface area contributed by atoms with Crippen molar-refractivity contribution >= 4 is 11.9 Å². The standard InChI is InChI=1S/C14H19NO4/c1-7(2)11(14(17)18)19-12-8(3)5-10(13(15)16)6-9(12)4/h5-7,11H,1-4H3,(H2,15,16)(H,17,18). The number of carboxylic acids is 1. The molecule has 1 aromatic carbocycles. The largest absolute Gasteiger partial charge is 0.478 e. The normalized spacial score (nSPS) is 12.3. The summed E-state index contributed by atoms with van der Waals surface area (Å²) < 4.78 is 5.58. The quantitative estimate of drug-likeness (QED) is 0.850. The number of aryl methyl sites for hydroxylation is 2. The van der Waals surface area contributed by atoms with Gasteiger partial charge in [-0.3, -0.25) is 4.79 Å². The molecule has 1 aromatic rings. The van der Waals surface area contributed by atoms with Gasteiger partial charge in [0.25, 0.3) is 0 Å². The second kappa shape index (κ2) is 5.73. The van der Waals surface area contributed by atoms with Gasteiger partial charge < -0.3 is 15.6 Å². The summed E-state index contributed by atoms with van der Waals surface area (Å²) in [4.78, 5) is 22.3. The summed E-state index contributed by atoms with van der Waals surface area (Å²) in [6, 6.07) is 3.20. The first-order chi connectivity index (χ1) is 8.73. The number of carbonyl (C=O) groups excluding carboxylic acids is 1. The molecule has 0 fully saturated rings. The molecule has 104 valence electrons. The van der Waals surface area contributed by atoms with Crippen LogP contribution in [0.2, 0.25) is 0 Å². The molecule has 5 heteroatoms. The average Bonchev–Trinajstić information content (AvgIpc) is 2.26. The van der Waals surface area contributed by atoms with Crippen LogP contribution in [0.3, 0.4) is 0 Å². The molecule has 0 aromatic heterocycles. The summed E-state index contributed by atoms with van der Waals surface area (Å²) in [7, 11) is 0. The minimum atomic E-state index is -1.01. The lowest BCUT2D eigenvalue weighted by Gasteiger charge is -2.21. The van der Waals surface area contributed by atoms with E-state index < -0.39 is 18.0 Å². The zero-order valence-corrected chi connectivity index (χ0v) is 11.6. The predicted octanol–water partition coefficient (Wildman–Crippen LogP) is 1.89. The molecule has 0 spiro atoms. The van der Waals surface area contributed by atoms with Crippen molar-refractivity contribution in [3.63, 3.8) is 0 Å². The van der Waals surface area contributed by atoms with Crippen molar-refractivity contribution in [2.24, 2.45) is 11.7 Å². The number of carboxylic acid groups (broad SMARTS) is 1. The second-order valence-electron chi connectivity index (χ2n) is 4.92. The topological polar surface area (TPSA) is 89.6 Å². The van der Waals surface area contributed by atoms with E-state index in [2.05, 4.69) is 0 Å². The Hall–Kier alpha value is -2.04. The molecule has 3 N–H and O–H groups in total. The highest BCUT2D eigenvalue weighted by atomic mass is 16.5. The van der Waals surface area contributed by atoms with E-state index >= 15 is 0 Å². The molecule has 0 saturated heterocycles. The molecule has 1 atom stereocenters. The van der Waals surface area contributed by atoms with Crippen molar-refractivity contribution in [2.45, 2.75) is 33.8 Å². The number of aliphatic carboxylic acids is 1. The van der Waals surface area contributed by atoms with Gasteiger partial charge in [-0.2, -0.15) is 0 Å². The second-order valence-corrected chi connectivity index (χ2v) is 4.92. The third kappa shape index (κ3) is 3.47. The third-order valence-electron chi connectivity index (χ3n) is 2.84. The van der Waals surface area contributed by atoms with Gasteiger partial charge in [0.1, 0.15) is 5.75 Å². The number of amides is 1. The zero-order valence-electron chi connectivity index (χ0n) is 11.6. The van der Waals surface area contributed by atoms with Gasteiger partial charge in [0.15, 0.2) is 6.10 Å². The minimum absolute atomic E-state index is 0.160. The molecule has 1 unspecified atom stereocenters. The maximum Gasteiger partial charge on any atom is 0.345 e. The molecule has 0 aliphatic rings. The minimum Gasteiger partial charge on any atom is -0.478 e. The van der Waals surface area contributed by atoms with Crippen LogP contribution in [-0.2, 0) is 4.79 Å². The predicted molar refractivity (Wildman–Crippen MR) is 71.3 cm³/mol. The van der Waals surface area contributed by atoms with Crippen LogP contribution in [0.4, 0.5) is 0 Å². The van der Waals surface area contributed by atoms with Crippen molar-refractivity contribution in [1.82, 2.24) is 0 Å². The maximum atomic E-state index is 11.1. The van der Waals surface area contributed by atoms with E-state index in [9.17, 15) is 9.59 Å². The van der Waals surface area contributed by atoms with Crippen LogP contribution in [0.1, 0.15) is 35.3 Å². The fourth-order valence-corrected chi connectivity index (χ4v) is 1.88. The summed E-state index contributed by atoms with van der Waals surface area (Å²) in [5.74, 6) is -1.19. The molecule has 5 nitrogen and oxygen atoms in total. The molecule has 19 heavy (non-hydrogen) atoms. The Kier molecular flexibility index (Phi) is 4.53. The first-order valence-corrected chi connectivity index (χ1v) is 6.04. The highest BCUT2D eigenvalue weighted by molar-refractivity contribution is 5.93. The van der Waals surface area contributed by atoms with Crippen LogP contribution in [0.25, 0.3) is 0 Å². The number of carbonyl (C=O) groups is 2. The Morgan fingerprint density at radius 3 is 2.00 bits per heavy atom. The van der Waals surface area contributed by atoms with E-state index in [1.807, 2.05) is 0 Å². The van der Waals surface area contributed by atoms with Crippen molar-refractivity contribution < 1.29 is 19.4 Å². The Bertz CT molecular complexity index is 485. The Morgan fingerprint density at radius 1 is 1.21 bits per heavy atom. The summed E-state index contributed by atoms with van der Waals surface area (Å²) in [6.07, 6.45) is -0.920. The average molecular weight is 265 g/mol. The van der Waals surface area contributed by atoms with Crippen molar-refractivity contribution in [3.8, 4) is 5.75 Å². The van der Waals surface area contributed by atoms with E-state index in [0.717, 1.165) is 0 Å². The van der Waals surface area contributed by atoms with Crippen LogP contribution in [-0.4, -0.2) is 23.1 Å². The molecule has 0 bridgehead atoms. The van der Waals surface area contributed by atoms with Gasteiger partial charge in [-0.25, -0.2) is 4.79 Å². The molecule has 0 aliphatic carbocycles. The Labute approximate surface area is 112 Å². The first-order valence-electron chi connectivity index (χ1n) is 6.04. The fourth-order valence-electron chi connectivity index (χ4n) is 1.88. The number of hydrogen-bond acceptors (Lipinski definition) is 3. The molecule has 0 saturated carbocycles. The van der Waals surface area contributed by atoms with E-state index in [4.69, 9.17) is 15.6 Å². The summed E-state index contributed by atoms with van der Waals surface area (Å²) >= 11 is 0. The highest BCUT2D eigenvalue weighted by Crippen LogP contribution is 2.27. The van der Waals surface area contributed by atoms with Gasteiger partial charge in [0.2, 0.25) is 5.91 Å². The number of benzene rings is 1. The van der Waals surface area contributed by atoms with E-state index in [1.54, 1.807) is 39.8 Å². The molecule has 0 aliphatic heterocycles. The summed E-state index contributed by atoms with van der Waals surface area (Å²) in [6.45, 7) is 7.07. The molecule has 0 heterocycles.